The van der Waals surface area contributed by atoms with E-state index >= 15 is 0 Å². The average Bonchev–Trinajstić information content (AvgIpc) is 1.38. The summed E-state index contributed by atoms with van der Waals surface area (Å²) in [7, 11) is 7.99. The minimum Gasteiger partial charge on any atom is -0.458 e. The second-order valence-electron chi connectivity index (χ2n) is 29.5. The average molecular weight is 1400 g/mol. The maximum absolute atomic E-state index is 13.7. The Labute approximate surface area is 574 Å². The lowest BCUT2D eigenvalue weighted by atomic mass is 9.42. The summed E-state index contributed by atoms with van der Waals surface area (Å²) in [6.45, 7) is 14.0. The van der Waals surface area contributed by atoms with Gasteiger partial charge < -0.3 is 126 Å². The van der Waals surface area contributed by atoms with Crippen molar-refractivity contribution < 1.29 is 131 Å². The lowest BCUT2D eigenvalue weighted by Gasteiger charge is -2.67. The summed E-state index contributed by atoms with van der Waals surface area (Å²) in [5.41, 5.74) is -5.93. The van der Waals surface area contributed by atoms with Crippen molar-refractivity contribution in [3.05, 3.63) is 53.6 Å². The molecule has 9 fully saturated rings. The van der Waals surface area contributed by atoms with Gasteiger partial charge >= 0.3 is 5.97 Å². The molecule has 556 valence electrons. The Kier molecular flexibility index (Phi) is 24.2. The largest absolute Gasteiger partial charge is 0.458 e. The summed E-state index contributed by atoms with van der Waals surface area (Å²) >= 11 is 0. The number of esters is 1. The van der Waals surface area contributed by atoms with Gasteiger partial charge in [-0.2, -0.15) is 0 Å². The smallest absolute Gasteiger partial charge is 0.331 e. The van der Waals surface area contributed by atoms with E-state index in [0.717, 1.165) is 11.1 Å². The van der Waals surface area contributed by atoms with Gasteiger partial charge in [0.1, 0.15) is 77.8 Å². The molecule has 27 heteroatoms. The number of aliphatic hydroxyl groups excluding tert-OH is 5. The first-order chi connectivity index (χ1) is 46.6. The van der Waals surface area contributed by atoms with Gasteiger partial charge in [0.15, 0.2) is 37.7 Å². The second kappa shape index (κ2) is 31.1. The van der Waals surface area contributed by atoms with Crippen LogP contribution in [0, 0.1) is 16.7 Å². The zero-order chi connectivity index (χ0) is 70.6. The molecule has 4 aliphatic carbocycles. The molecular formula is C71H110O27. The van der Waals surface area contributed by atoms with E-state index in [4.69, 9.17) is 85.3 Å². The van der Waals surface area contributed by atoms with Crippen LogP contribution in [0.25, 0.3) is 6.08 Å². The number of hydrogen-bond acceptors (Lipinski definition) is 27. The zero-order valence-electron chi connectivity index (χ0n) is 58.9. The Balaban J connectivity index is 0.655. The molecule has 98 heavy (non-hydrogen) atoms. The SMILES string of the molecule is CO[C@H]1C[C@H](O[C@H]2CC[C@@]3(C)C(=CC[C@]4(O)[C@@H]3C[C@@H](OC(=O)/C=C/c3ccccc3)[C@@]3(C)[C@]4(O)CC[C@@]3(O)[C@H](C)O)C2)O[C@H](C)[C@H]1O[C@H]1C[C@H](OC)[C@H](O[C@H]2C[C@@H](OC)[C@H](O[C@H]3C[C@@H](OC)[C@H](O[C@H]4C[C@@H](OC)[C@H](O[C@@H]5O[C@H](CO)[C@H](O)[C@H](O)[C@H]5O)[C@@H](C)O4)[C@@H](C)O3)[C@@H](C)O2)[C@@H](C)O1. The predicted octanol–water partition coefficient (Wildman–Crippen LogP) is 3.39. The van der Waals surface area contributed by atoms with Gasteiger partial charge in [-0.15, -0.1) is 0 Å². The fourth-order valence-corrected chi connectivity index (χ4v) is 18.3. The number of aliphatic hydroxyl groups is 8. The predicted molar refractivity (Wildman–Crippen MR) is 344 cm³/mol. The van der Waals surface area contributed by atoms with Crippen LogP contribution in [0.4, 0.5) is 0 Å². The summed E-state index contributed by atoms with van der Waals surface area (Å²) in [5.74, 6) is -1.23. The number of hydrogen-bond donors (Lipinski definition) is 8. The molecule has 8 N–H and O–H groups in total. The molecular weight excluding hydrogens is 1280 g/mol. The van der Waals surface area contributed by atoms with E-state index in [1.165, 1.54) is 20.1 Å². The molecule has 6 heterocycles. The molecule has 10 aliphatic rings. The van der Waals surface area contributed by atoms with E-state index in [1.807, 2.05) is 64.1 Å². The van der Waals surface area contributed by atoms with Crippen LogP contribution in [-0.4, -0.2) is 278 Å². The van der Waals surface area contributed by atoms with E-state index in [-0.39, 0.29) is 38.2 Å². The molecule has 3 saturated carbocycles. The molecule has 27 nitrogen and oxygen atoms in total. The van der Waals surface area contributed by atoms with Gasteiger partial charge in [-0.25, -0.2) is 4.79 Å². The Hall–Kier alpha value is -2.83. The van der Waals surface area contributed by atoms with Crippen molar-refractivity contribution in [3.8, 4) is 0 Å². The van der Waals surface area contributed by atoms with Gasteiger partial charge in [0.05, 0.1) is 85.3 Å². The normalized spacial score (nSPS) is 49.5. The molecule has 0 aromatic heterocycles. The van der Waals surface area contributed by atoms with Gasteiger partial charge in [-0.05, 0) is 104 Å². The van der Waals surface area contributed by atoms with Crippen LogP contribution in [0.15, 0.2) is 48.1 Å². The van der Waals surface area contributed by atoms with E-state index in [9.17, 15) is 45.6 Å². The molecule has 0 spiro atoms. The molecule has 34 atom stereocenters. The first kappa shape index (κ1) is 76.3. The second-order valence-corrected chi connectivity index (χ2v) is 29.5. The number of methoxy groups -OCH3 is 5. The fourth-order valence-electron chi connectivity index (χ4n) is 18.3. The fraction of sp³-hybridized carbons (Fsp3) is 0.845. The summed E-state index contributed by atoms with van der Waals surface area (Å²) in [6.07, 6.45) is -13.1. The molecule has 6 saturated heterocycles. The number of fused-ring (bicyclic) bond motifs is 5. The molecule has 0 bridgehead atoms. The Morgan fingerprint density at radius 2 is 1.02 bits per heavy atom. The maximum atomic E-state index is 13.7. The van der Waals surface area contributed by atoms with Crippen molar-refractivity contribution in [2.24, 2.45) is 16.7 Å². The van der Waals surface area contributed by atoms with E-state index in [1.54, 1.807) is 48.4 Å². The monoisotopic (exact) mass is 1390 g/mol. The summed E-state index contributed by atoms with van der Waals surface area (Å²) < 4.78 is 114. The van der Waals surface area contributed by atoms with Gasteiger partial charge in [0, 0.05) is 79.6 Å². The third-order valence-electron chi connectivity index (χ3n) is 24.1. The Morgan fingerprint density at radius 1 is 0.582 bits per heavy atom. The van der Waals surface area contributed by atoms with Crippen molar-refractivity contribution in [1.29, 1.82) is 0 Å². The Morgan fingerprint density at radius 3 is 1.45 bits per heavy atom. The quantitative estimate of drug-likeness (QED) is 0.0468. The van der Waals surface area contributed by atoms with E-state index in [2.05, 4.69) is 6.92 Å². The van der Waals surface area contributed by atoms with Crippen LogP contribution in [0.3, 0.4) is 0 Å². The molecule has 0 radical (unpaired) electrons. The minimum atomic E-state index is -1.93. The minimum absolute atomic E-state index is 0.00131. The maximum Gasteiger partial charge on any atom is 0.331 e. The molecule has 6 aliphatic heterocycles. The van der Waals surface area contributed by atoms with Crippen LogP contribution in [0.5, 0.6) is 0 Å². The summed E-state index contributed by atoms with van der Waals surface area (Å²) in [6, 6.07) is 9.33. The standard InChI is InChI=1S/C71H110O27/c1-35-61(44(81-9)28-53(86-35)91-43-22-23-67(7)42(27-43)21-24-70(79)50(67)33-51(93-52(74)20-19-41-17-15-14-16-18-41)68(8)69(78,40(6)73)25-26-71(68,70)80)94-54-29-45(82-10)62(36(2)87-54)95-55-30-46(83-11)63(37(3)88-55)96-56-31-47(84-12)64(38(4)89-56)97-57-32-48(85-13)65(39(5)90-57)98-66-60(77)59(76)58(75)49(34-72)92-66/h14-21,35-40,43-51,53-66,72-73,75-80H,22-34H2,1-13H3/b20-19+/t35-,36-,37-,38-,39-,40+,43+,44+,45+,46-,47-,48-,49-,50-,51-,53+,54+,55+,56+,57+,58+,59+,60-,61-,62-,63-,64-,65-,66+,67+,68-,69-,70+,71-/m1/s1. The van der Waals surface area contributed by atoms with Crippen LogP contribution in [-0.2, 0) is 90.1 Å². The summed E-state index contributed by atoms with van der Waals surface area (Å²) in [4.78, 5) is 13.7. The first-order valence-electron chi connectivity index (χ1n) is 35.2. The topological polar surface area (TPSA) is 345 Å². The first-order valence-corrected chi connectivity index (χ1v) is 35.2. The van der Waals surface area contributed by atoms with Crippen molar-refractivity contribution in [3.63, 3.8) is 0 Å². The third kappa shape index (κ3) is 14.4. The Bertz CT molecular complexity index is 2840. The summed E-state index contributed by atoms with van der Waals surface area (Å²) in [5, 5.41) is 90.7. The van der Waals surface area contributed by atoms with Crippen LogP contribution in [0.1, 0.15) is 138 Å². The van der Waals surface area contributed by atoms with Crippen LogP contribution < -0.4 is 0 Å². The number of benzene rings is 1. The van der Waals surface area contributed by atoms with E-state index < -0.39 is 212 Å². The third-order valence-corrected chi connectivity index (χ3v) is 24.1. The van der Waals surface area contributed by atoms with Crippen molar-refractivity contribution in [2.75, 3.05) is 42.2 Å². The van der Waals surface area contributed by atoms with E-state index in [0.29, 0.717) is 44.9 Å². The highest BCUT2D eigenvalue weighted by Crippen LogP contribution is 2.71. The van der Waals surface area contributed by atoms with Gasteiger partial charge in [-0.3, -0.25) is 0 Å². The molecule has 1 aromatic rings. The highest BCUT2D eigenvalue weighted by atomic mass is 16.8. The van der Waals surface area contributed by atoms with Gasteiger partial charge in [0.25, 0.3) is 0 Å². The lowest BCUT2D eigenvalue weighted by molar-refractivity contribution is -0.360. The van der Waals surface area contributed by atoms with Gasteiger partial charge in [-0.1, -0.05) is 55.8 Å². The lowest BCUT2D eigenvalue weighted by Crippen LogP contribution is -2.78. The molecule has 0 unspecified atom stereocenters. The number of rotatable bonds is 22. The van der Waals surface area contributed by atoms with Crippen molar-refractivity contribution >= 4 is 12.0 Å². The van der Waals surface area contributed by atoms with Crippen LogP contribution >= 0.6 is 0 Å². The number of ether oxygens (including phenoxy) is 18. The molecule has 1 aromatic carbocycles. The zero-order valence-corrected chi connectivity index (χ0v) is 58.9. The van der Waals surface area contributed by atoms with Crippen LogP contribution in [0.2, 0.25) is 0 Å². The van der Waals surface area contributed by atoms with Crippen molar-refractivity contribution in [2.45, 2.75) is 321 Å². The number of carbonyl (C=O) groups excluding carboxylic acids is 1. The number of carbonyl (C=O) groups is 1. The molecule has 11 rings (SSSR count). The highest BCUT2D eigenvalue weighted by Gasteiger charge is 2.81. The van der Waals surface area contributed by atoms with Gasteiger partial charge in [0.2, 0.25) is 0 Å². The van der Waals surface area contributed by atoms with Crippen molar-refractivity contribution in [1.82, 2.24) is 0 Å². The molecule has 0 amide bonds. The highest BCUT2D eigenvalue weighted by molar-refractivity contribution is 5.87.